The predicted octanol–water partition coefficient (Wildman–Crippen LogP) is 4.31. The van der Waals surface area contributed by atoms with E-state index in [0.29, 0.717) is 17.1 Å². The first-order valence-corrected chi connectivity index (χ1v) is 6.13. The fourth-order valence-electron chi connectivity index (χ4n) is 2.26. The second kappa shape index (κ2) is 4.98. The van der Waals surface area contributed by atoms with Crippen LogP contribution in [0.25, 0.3) is 0 Å². The molecule has 0 aliphatic carbocycles. The van der Waals surface area contributed by atoms with Gasteiger partial charge in [0.1, 0.15) is 17.6 Å². The Balaban J connectivity index is 2.46. The topological polar surface area (TPSA) is 33.4 Å². The minimum absolute atomic E-state index is 0.201. The molecule has 1 unspecified atom stereocenters. The Kier molecular flexibility index (Phi) is 3.65. The van der Waals surface area contributed by atoms with Gasteiger partial charge in [-0.2, -0.15) is 13.2 Å². The normalized spacial score (nSPS) is 13.6. The van der Waals surface area contributed by atoms with Crippen molar-refractivity contribution in [2.45, 2.75) is 33.1 Å². The summed E-state index contributed by atoms with van der Waals surface area (Å²) in [5, 5.41) is 10.3. The van der Waals surface area contributed by atoms with E-state index in [1.807, 2.05) is 0 Å². The molecule has 0 fully saturated rings. The van der Waals surface area contributed by atoms with Gasteiger partial charge in [-0.25, -0.2) is 0 Å². The third kappa shape index (κ3) is 2.58. The molecule has 20 heavy (non-hydrogen) atoms. The van der Waals surface area contributed by atoms with Gasteiger partial charge < -0.3 is 9.52 Å². The Morgan fingerprint density at radius 3 is 2.25 bits per heavy atom. The fourth-order valence-corrected chi connectivity index (χ4v) is 2.26. The van der Waals surface area contributed by atoms with Crippen LogP contribution in [0.5, 0.6) is 0 Å². The summed E-state index contributed by atoms with van der Waals surface area (Å²) in [6, 6.07) is 4.71. The third-order valence-corrected chi connectivity index (χ3v) is 3.42. The van der Waals surface area contributed by atoms with Crippen molar-refractivity contribution in [1.29, 1.82) is 0 Å². The number of aliphatic hydroxyl groups excluding tert-OH is 1. The summed E-state index contributed by atoms with van der Waals surface area (Å²) >= 11 is 0. The van der Waals surface area contributed by atoms with Gasteiger partial charge >= 0.3 is 6.18 Å². The standard InChI is InChI=1S/C15H15F3O2/c1-8-9(2)20-10(3)13(8)14(19)11-5-4-6-12(7-11)15(16,17)18/h4-7,14,19H,1-3H3. The van der Waals surface area contributed by atoms with E-state index >= 15 is 0 Å². The van der Waals surface area contributed by atoms with E-state index in [0.717, 1.165) is 17.7 Å². The maximum absolute atomic E-state index is 12.7. The molecular formula is C15H15F3O2. The van der Waals surface area contributed by atoms with E-state index in [4.69, 9.17) is 4.42 Å². The first-order valence-electron chi connectivity index (χ1n) is 6.13. The van der Waals surface area contributed by atoms with Gasteiger partial charge in [0.05, 0.1) is 5.56 Å². The second-order valence-corrected chi connectivity index (χ2v) is 4.78. The van der Waals surface area contributed by atoms with E-state index in [9.17, 15) is 18.3 Å². The van der Waals surface area contributed by atoms with Crippen LogP contribution in [-0.2, 0) is 6.18 Å². The van der Waals surface area contributed by atoms with E-state index in [1.165, 1.54) is 12.1 Å². The van der Waals surface area contributed by atoms with Crippen LogP contribution in [0.4, 0.5) is 13.2 Å². The van der Waals surface area contributed by atoms with E-state index in [2.05, 4.69) is 0 Å². The van der Waals surface area contributed by atoms with Gasteiger partial charge in [-0.3, -0.25) is 0 Å². The Hall–Kier alpha value is -1.75. The van der Waals surface area contributed by atoms with Crippen LogP contribution < -0.4 is 0 Å². The van der Waals surface area contributed by atoms with Crippen LogP contribution >= 0.6 is 0 Å². The Morgan fingerprint density at radius 1 is 1.10 bits per heavy atom. The van der Waals surface area contributed by atoms with Gasteiger partial charge in [-0.1, -0.05) is 12.1 Å². The molecule has 5 heteroatoms. The summed E-state index contributed by atoms with van der Waals surface area (Å²) in [4.78, 5) is 0. The monoisotopic (exact) mass is 284 g/mol. The largest absolute Gasteiger partial charge is 0.466 e. The fraction of sp³-hybridized carbons (Fsp3) is 0.333. The van der Waals surface area contributed by atoms with Gasteiger partial charge in [0, 0.05) is 5.56 Å². The predicted molar refractivity (Wildman–Crippen MR) is 68.4 cm³/mol. The molecule has 0 spiro atoms. The maximum Gasteiger partial charge on any atom is 0.416 e. The molecule has 108 valence electrons. The summed E-state index contributed by atoms with van der Waals surface area (Å²) in [6.45, 7) is 5.22. The lowest BCUT2D eigenvalue weighted by Crippen LogP contribution is -2.08. The molecule has 1 N–H and O–H groups in total. The molecular weight excluding hydrogens is 269 g/mol. The van der Waals surface area contributed by atoms with Crippen LogP contribution in [0.15, 0.2) is 28.7 Å². The molecule has 0 aliphatic heterocycles. The number of aliphatic hydroxyl groups is 1. The molecule has 0 saturated heterocycles. The average molecular weight is 284 g/mol. The lowest BCUT2D eigenvalue weighted by molar-refractivity contribution is -0.137. The number of halogens is 3. The highest BCUT2D eigenvalue weighted by Gasteiger charge is 2.31. The molecule has 2 aromatic rings. The molecule has 1 aromatic heterocycles. The van der Waals surface area contributed by atoms with Crippen LogP contribution in [0.3, 0.4) is 0 Å². The highest BCUT2D eigenvalue weighted by molar-refractivity contribution is 5.40. The molecule has 2 nitrogen and oxygen atoms in total. The molecule has 1 heterocycles. The minimum atomic E-state index is -4.42. The van der Waals surface area contributed by atoms with Crippen molar-refractivity contribution in [1.82, 2.24) is 0 Å². The van der Waals surface area contributed by atoms with Crippen LogP contribution in [0.2, 0.25) is 0 Å². The number of benzene rings is 1. The van der Waals surface area contributed by atoms with Gasteiger partial charge in [0.2, 0.25) is 0 Å². The zero-order chi connectivity index (χ0) is 15.1. The van der Waals surface area contributed by atoms with E-state index in [1.54, 1.807) is 20.8 Å². The quantitative estimate of drug-likeness (QED) is 0.891. The molecule has 0 radical (unpaired) electrons. The summed E-state index contributed by atoms with van der Waals surface area (Å²) in [6.07, 6.45) is -5.55. The van der Waals surface area contributed by atoms with E-state index in [-0.39, 0.29) is 5.56 Å². The summed E-state index contributed by atoms with van der Waals surface area (Å²) < 4.78 is 43.5. The van der Waals surface area contributed by atoms with Crippen molar-refractivity contribution >= 4 is 0 Å². The average Bonchev–Trinajstić information content (AvgIpc) is 2.62. The van der Waals surface area contributed by atoms with Crippen LogP contribution in [0.1, 0.15) is 39.9 Å². The number of furan rings is 1. The van der Waals surface area contributed by atoms with E-state index < -0.39 is 17.8 Å². The van der Waals surface area contributed by atoms with Crippen molar-refractivity contribution < 1.29 is 22.7 Å². The first-order chi connectivity index (χ1) is 9.21. The highest BCUT2D eigenvalue weighted by Crippen LogP contribution is 2.35. The smallest absolute Gasteiger partial charge is 0.416 e. The zero-order valence-electron chi connectivity index (χ0n) is 11.4. The summed E-state index contributed by atoms with van der Waals surface area (Å²) in [7, 11) is 0. The number of aryl methyl sites for hydroxylation is 2. The molecule has 0 bridgehead atoms. The SMILES string of the molecule is Cc1oc(C)c(C(O)c2cccc(C(F)(F)F)c2)c1C. The number of rotatable bonds is 2. The minimum Gasteiger partial charge on any atom is -0.466 e. The second-order valence-electron chi connectivity index (χ2n) is 4.78. The van der Waals surface area contributed by atoms with Crippen molar-refractivity contribution in [3.63, 3.8) is 0 Å². The first kappa shape index (κ1) is 14.7. The molecule has 0 aliphatic rings. The third-order valence-electron chi connectivity index (χ3n) is 3.42. The number of hydrogen-bond acceptors (Lipinski definition) is 2. The highest BCUT2D eigenvalue weighted by atomic mass is 19.4. The van der Waals surface area contributed by atoms with Crippen molar-refractivity contribution in [3.05, 3.63) is 58.0 Å². The molecule has 1 aromatic carbocycles. The molecule has 0 amide bonds. The van der Waals surface area contributed by atoms with Crippen molar-refractivity contribution in [2.75, 3.05) is 0 Å². The summed E-state index contributed by atoms with van der Waals surface area (Å²) in [5.41, 5.74) is 0.714. The van der Waals surface area contributed by atoms with Gasteiger partial charge in [-0.15, -0.1) is 0 Å². The number of alkyl halides is 3. The lowest BCUT2D eigenvalue weighted by atomic mass is 9.97. The Labute approximate surface area is 114 Å². The Morgan fingerprint density at radius 2 is 1.75 bits per heavy atom. The van der Waals surface area contributed by atoms with Crippen molar-refractivity contribution in [2.24, 2.45) is 0 Å². The van der Waals surface area contributed by atoms with Crippen LogP contribution in [0, 0.1) is 20.8 Å². The lowest BCUT2D eigenvalue weighted by Gasteiger charge is -2.14. The molecule has 1 atom stereocenters. The maximum atomic E-state index is 12.7. The van der Waals surface area contributed by atoms with Gasteiger partial charge in [0.25, 0.3) is 0 Å². The molecule has 2 rings (SSSR count). The van der Waals surface area contributed by atoms with Crippen molar-refractivity contribution in [3.8, 4) is 0 Å². The summed E-state index contributed by atoms with van der Waals surface area (Å²) in [5.74, 6) is 1.17. The van der Waals surface area contributed by atoms with Gasteiger partial charge in [-0.05, 0) is 44.0 Å². The zero-order valence-corrected chi connectivity index (χ0v) is 11.4. The number of hydrogen-bond donors (Lipinski definition) is 1. The molecule has 0 saturated carbocycles. The van der Waals surface area contributed by atoms with Crippen LogP contribution in [-0.4, -0.2) is 5.11 Å². The Bertz CT molecular complexity index is 627. The van der Waals surface area contributed by atoms with Gasteiger partial charge in [0.15, 0.2) is 0 Å².